The Bertz CT molecular complexity index is 188. The number of aliphatic hydroxyl groups is 1. The minimum Gasteiger partial charge on any atom is -0.395 e. The van der Waals surface area contributed by atoms with Gasteiger partial charge in [0.2, 0.25) is 0 Å². The topological polar surface area (TPSA) is 45.1 Å². The Hall–Kier alpha value is -0.450. The number of hydrogen-bond donors (Lipinski definition) is 2. The molecule has 0 amide bonds. The maximum atomic E-state index is 8.68. The molecule has 1 atom stereocenters. The smallest absolute Gasteiger partial charge is 0.106 e. The molecular weight excluding hydrogens is 160 g/mol. The quantitative estimate of drug-likeness (QED) is 0.699. The Morgan fingerprint density at radius 1 is 1.82 bits per heavy atom. The van der Waals surface area contributed by atoms with Gasteiger partial charge in [-0.15, -0.1) is 11.3 Å². The molecular formula is C7H12N2OS. The zero-order valence-corrected chi connectivity index (χ0v) is 7.27. The molecule has 0 aliphatic carbocycles. The van der Waals surface area contributed by atoms with Gasteiger partial charge < -0.3 is 10.4 Å². The van der Waals surface area contributed by atoms with Crippen molar-refractivity contribution in [3.05, 3.63) is 16.6 Å². The Morgan fingerprint density at radius 3 is 3.18 bits per heavy atom. The second-order valence-corrected chi connectivity index (χ2v) is 3.37. The number of aliphatic hydroxyl groups excluding tert-OH is 1. The molecule has 1 aromatic rings. The van der Waals surface area contributed by atoms with Crippen LogP contribution in [0.25, 0.3) is 0 Å². The lowest BCUT2D eigenvalue weighted by atomic mass is 10.4. The van der Waals surface area contributed by atoms with Gasteiger partial charge in [-0.1, -0.05) is 0 Å². The monoisotopic (exact) mass is 172 g/mol. The van der Waals surface area contributed by atoms with Crippen LogP contribution in [0.3, 0.4) is 0 Å². The predicted molar refractivity (Wildman–Crippen MR) is 45.5 cm³/mol. The lowest BCUT2D eigenvalue weighted by molar-refractivity contribution is 0.251. The Balaban J connectivity index is 2.23. The summed E-state index contributed by atoms with van der Waals surface area (Å²) in [6.07, 6.45) is 1.78. The molecule has 11 heavy (non-hydrogen) atoms. The standard InChI is InChI=1S/C7H12N2OS/c1-6(5-10)9-4-7-8-2-3-11-7/h2-3,6,9-10H,4-5H2,1H3/t6-/m1/s1. The molecule has 0 aliphatic rings. The van der Waals surface area contributed by atoms with Crippen LogP contribution in [0.15, 0.2) is 11.6 Å². The molecule has 2 N–H and O–H groups in total. The fourth-order valence-corrected chi connectivity index (χ4v) is 1.23. The van der Waals surface area contributed by atoms with Gasteiger partial charge in [-0.3, -0.25) is 0 Å². The Kier molecular flexibility index (Phi) is 3.48. The van der Waals surface area contributed by atoms with Gasteiger partial charge in [-0.25, -0.2) is 4.98 Å². The third-order valence-corrected chi connectivity index (χ3v) is 2.14. The van der Waals surface area contributed by atoms with Crippen molar-refractivity contribution in [2.24, 2.45) is 0 Å². The maximum Gasteiger partial charge on any atom is 0.106 e. The summed E-state index contributed by atoms with van der Waals surface area (Å²) >= 11 is 1.62. The predicted octanol–water partition coefficient (Wildman–Crippen LogP) is 0.613. The summed E-state index contributed by atoms with van der Waals surface area (Å²) in [6.45, 7) is 2.86. The minimum atomic E-state index is 0.152. The van der Waals surface area contributed by atoms with Gasteiger partial charge in [-0.2, -0.15) is 0 Å². The van der Waals surface area contributed by atoms with Gasteiger partial charge in [0.25, 0.3) is 0 Å². The van der Waals surface area contributed by atoms with E-state index < -0.39 is 0 Å². The van der Waals surface area contributed by atoms with Gasteiger partial charge >= 0.3 is 0 Å². The average molecular weight is 172 g/mol. The lowest BCUT2D eigenvalue weighted by Crippen LogP contribution is -2.28. The van der Waals surface area contributed by atoms with Crippen LogP contribution >= 0.6 is 11.3 Å². The summed E-state index contributed by atoms with van der Waals surface area (Å²) in [5.41, 5.74) is 0. The largest absolute Gasteiger partial charge is 0.395 e. The van der Waals surface area contributed by atoms with E-state index in [4.69, 9.17) is 5.11 Å². The van der Waals surface area contributed by atoms with Crippen LogP contribution in [0.1, 0.15) is 11.9 Å². The van der Waals surface area contributed by atoms with E-state index in [0.717, 1.165) is 11.6 Å². The van der Waals surface area contributed by atoms with Gasteiger partial charge in [0.05, 0.1) is 6.61 Å². The molecule has 0 aliphatic heterocycles. The van der Waals surface area contributed by atoms with Crippen LogP contribution in [0, 0.1) is 0 Å². The molecule has 0 saturated carbocycles. The second-order valence-electron chi connectivity index (χ2n) is 2.39. The summed E-state index contributed by atoms with van der Waals surface area (Å²) in [7, 11) is 0. The first-order valence-electron chi connectivity index (χ1n) is 3.55. The molecule has 0 radical (unpaired) electrons. The van der Waals surface area contributed by atoms with Gasteiger partial charge in [-0.05, 0) is 6.92 Å². The fourth-order valence-electron chi connectivity index (χ4n) is 0.666. The van der Waals surface area contributed by atoms with E-state index in [9.17, 15) is 0 Å². The summed E-state index contributed by atoms with van der Waals surface area (Å²) in [5, 5.41) is 14.8. The number of hydrogen-bond acceptors (Lipinski definition) is 4. The van der Waals surface area contributed by atoms with E-state index in [2.05, 4.69) is 10.3 Å². The summed E-state index contributed by atoms with van der Waals surface area (Å²) in [5.74, 6) is 0. The van der Waals surface area contributed by atoms with Crippen LogP contribution in [0.4, 0.5) is 0 Å². The van der Waals surface area contributed by atoms with Crippen LogP contribution in [-0.4, -0.2) is 22.7 Å². The molecule has 1 aromatic heterocycles. The first-order valence-corrected chi connectivity index (χ1v) is 4.43. The molecule has 3 nitrogen and oxygen atoms in total. The molecule has 0 saturated heterocycles. The van der Waals surface area contributed by atoms with Crippen molar-refractivity contribution >= 4 is 11.3 Å². The Morgan fingerprint density at radius 2 is 2.64 bits per heavy atom. The number of thiazole rings is 1. The van der Waals surface area contributed by atoms with E-state index in [1.807, 2.05) is 12.3 Å². The summed E-state index contributed by atoms with van der Waals surface area (Å²) in [6, 6.07) is 0.152. The van der Waals surface area contributed by atoms with Crippen molar-refractivity contribution in [1.82, 2.24) is 10.3 Å². The van der Waals surface area contributed by atoms with Gasteiger partial charge in [0.1, 0.15) is 5.01 Å². The molecule has 0 spiro atoms. The molecule has 0 unspecified atom stereocenters. The number of nitrogens with one attached hydrogen (secondary N) is 1. The minimum absolute atomic E-state index is 0.152. The first-order chi connectivity index (χ1) is 5.33. The zero-order valence-electron chi connectivity index (χ0n) is 6.45. The molecule has 1 rings (SSSR count). The maximum absolute atomic E-state index is 8.68. The van der Waals surface area contributed by atoms with Gasteiger partial charge in [0.15, 0.2) is 0 Å². The average Bonchev–Trinajstić information content (AvgIpc) is 2.52. The van der Waals surface area contributed by atoms with Crippen LogP contribution in [-0.2, 0) is 6.54 Å². The molecule has 0 bridgehead atoms. The molecule has 0 aromatic carbocycles. The van der Waals surface area contributed by atoms with Crippen molar-refractivity contribution in [1.29, 1.82) is 0 Å². The highest BCUT2D eigenvalue weighted by molar-refractivity contribution is 7.09. The van der Waals surface area contributed by atoms with Crippen molar-refractivity contribution in [3.63, 3.8) is 0 Å². The van der Waals surface area contributed by atoms with E-state index >= 15 is 0 Å². The second kappa shape index (κ2) is 4.43. The van der Waals surface area contributed by atoms with Crippen molar-refractivity contribution in [2.45, 2.75) is 19.5 Å². The zero-order chi connectivity index (χ0) is 8.10. The highest BCUT2D eigenvalue weighted by Gasteiger charge is 1.99. The number of rotatable bonds is 4. The number of aromatic nitrogens is 1. The third kappa shape index (κ3) is 2.96. The summed E-state index contributed by atoms with van der Waals surface area (Å²) < 4.78 is 0. The lowest BCUT2D eigenvalue weighted by Gasteiger charge is -2.07. The molecule has 1 heterocycles. The van der Waals surface area contributed by atoms with Crippen LogP contribution in [0.2, 0.25) is 0 Å². The van der Waals surface area contributed by atoms with Gasteiger partial charge in [0, 0.05) is 24.2 Å². The Labute approximate surface area is 70.1 Å². The SMILES string of the molecule is C[C@H](CO)NCc1nccs1. The van der Waals surface area contributed by atoms with Crippen LogP contribution in [0.5, 0.6) is 0 Å². The molecule has 0 fully saturated rings. The highest BCUT2D eigenvalue weighted by Crippen LogP contribution is 2.02. The number of nitrogens with zero attached hydrogens (tertiary/aromatic N) is 1. The first kappa shape index (κ1) is 8.64. The van der Waals surface area contributed by atoms with Crippen molar-refractivity contribution < 1.29 is 5.11 Å². The van der Waals surface area contributed by atoms with E-state index in [1.54, 1.807) is 17.5 Å². The van der Waals surface area contributed by atoms with Crippen molar-refractivity contribution in [2.75, 3.05) is 6.61 Å². The summed E-state index contributed by atoms with van der Waals surface area (Å²) in [4.78, 5) is 4.10. The van der Waals surface area contributed by atoms with Crippen LogP contribution < -0.4 is 5.32 Å². The normalized spacial score (nSPS) is 13.3. The van der Waals surface area contributed by atoms with E-state index in [1.165, 1.54) is 0 Å². The molecule has 62 valence electrons. The highest BCUT2D eigenvalue weighted by atomic mass is 32.1. The molecule has 4 heteroatoms. The third-order valence-electron chi connectivity index (χ3n) is 1.36. The van der Waals surface area contributed by atoms with E-state index in [-0.39, 0.29) is 12.6 Å². The fraction of sp³-hybridized carbons (Fsp3) is 0.571. The van der Waals surface area contributed by atoms with E-state index in [0.29, 0.717) is 0 Å². The van der Waals surface area contributed by atoms with Crippen molar-refractivity contribution in [3.8, 4) is 0 Å².